The van der Waals surface area contributed by atoms with Crippen molar-refractivity contribution in [3.8, 4) is 5.75 Å². The first-order valence-electron chi connectivity index (χ1n) is 12.1. The largest absolute Gasteiger partial charge is 0.494 e. The van der Waals surface area contributed by atoms with Gasteiger partial charge in [-0.3, -0.25) is 9.59 Å². The van der Waals surface area contributed by atoms with E-state index in [4.69, 9.17) is 9.73 Å². The lowest BCUT2D eigenvalue weighted by atomic mass is 9.96. The van der Waals surface area contributed by atoms with Gasteiger partial charge in [-0.2, -0.15) is 0 Å². The number of benzene rings is 3. The van der Waals surface area contributed by atoms with Crippen molar-refractivity contribution in [3.05, 3.63) is 95.6 Å². The molecule has 3 unspecified atom stereocenters. The van der Waals surface area contributed by atoms with Crippen molar-refractivity contribution in [2.75, 3.05) is 18.6 Å². The number of para-hydroxylation sites is 1. The molecule has 3 aromatic rings. The summed E-state index contributed by atoms with van der Waals surface area (Å²) < 4.78 is 5.59. The fourth-order valence-electron chi connectivity index (χ4n) is 4.12. The number of carbonyl (C=O) groups is 2. The number of benzodiazepines with no additional fused rings is 1. The van der Waals surface area contributed by atoms with E-state index in [9.17, 15) is 14.7 Å². The van der Waals surface area contributed by atoms with Crippen LogP contribution >= 0.6 is 0 Å². The van der Waals surface area contributed by atoms with Crippen molar-refractivity contribution in [3.63, 3.8) is 0 Å². The third-order valence-corrected chi connectivity index (χ3v) is 6.25. The number of aliphatic hydroxyl groups excluding tert-OH is 1. The van der Waals surface area contributed by atoms with Crippen LogP contribution in [-0.4, -0.2) is 42.5 Å². The Morgan fingerprint density at radius 3 is 2.42 bits per heavy atom. The quantitative estimate of drug-likeness (QED) is 0.503. The SMILES string of the molecule is CCCOc1ccc(C(O)C(C)C(=O)NC2N=C(c3ccccc3)c3ccccc3N(C)C2=O)cc1. The molecule has 4 rings (SSSR count). The Labute approximate surface area is 211 Å². The van der Waals surface area contributed by atoms with E-state index in [1.807, 2.05) is 61.5 Å². The molecule has 0 saturated carbocycles. The van der Waals surface area contributed by atoms with Gasteiger partial charge in [0.1, 0.15) is 5.75 Å². The Bertz CT molecular complexity index is 1240. The highest BCUT2D eigenvalue weighted by Crippen LogP contribution is 2.28. The number of carbonyl (C=O) groups excluding carboxylic acids is 2. The Balaban J connectivity index is 1.58. The monoisotopic (exact) mass is 485 g/mol. The molecule has 36 heavy (non-hydrogen) atoms. The fourth-order valence-corrected chi connectivity index (χ4v) is 4.12. The zero-order chi connectivity index (χ0) is 25.7. The van der Waals surface area contributed by atoms with E-state index in [0.717, 1.165) is 17.5 Å². The van der Waals surface area contributed by atoms with Crippen molar-refractivity contribution in [2.24, 2.45) is 10.9 Å². The number of amides is 2. The van der Waals surface area contributed by atoms with Crippen LogP contribution in [0, 0.1) is 5.92 Å². The minimum atomic E-state index is -1.13. The van der Waals surface area contributed by atoms with Gasteiger partial charge >= 0.3 is 0 Å². The topological polar surface area (TPSA) is 91.2 Å². The molecule has 0 fully saturated rings. The number of nitrogens with zero attached hydrogens (tertiary/aromatic N) is 2. The van der Waals surface area contributed by atoms with Crippen molar-refractivity contribution >= 4 is 23.2 Å². The summed E-state index contributed by atoms with van der Waals surface area (Å²) in [4.78, 5) is 32.7. The number of nitrogens with one attached hydrogen (secondary N) is 1. The van der Waals surface area contributed by atoms with E-state index in [1.165, 1.54) is 4.90 Å². The van der Waals surface area contributed by atoms with Gasteiger partial charge in [-0.25, -0.2) is 4.99 Å². The molecule has 2 N–H and O–H groups in total. The number of aliphatic hydroxyl groups is 1. The number of likely N-dealkylation sites (N-methyl/N-ethyl adjacent to an activating group) is 1. The van der Waals surface area contributed by atoms with Crippen molar-refractivity contribution in [2.45, 2.75) is 32.5 Å². The second kappa shape index (κ2) is 11.2. The Morgan fingerprint density at radius 1 is 1.06 bits per heavy atom. The highest BCUT2D eigenvalue weighted by atomic mass is 16.5. The van der Waals surface area contributed by atoms with Crippen LogP contribution in [-0.2, 0) is 9.59 Å². The Kier molecular flexibility index (Phi) is 7.80. The number of hydrogen-bond donors (Lipinski definition) is 2. The predicted octanol–water partition coefficient (Wildman–Crippen LogP) is 4.10. The van der Waals surface area contributed by atoms with Crippen LogP contribution in [0.4, 0.5) is 5.69 Å². The summed E-state index contributed by atoms with van der Waals surface area (Å²) in [5.41, 5.74) is 3.55. The first kappa shape index (κ1) is 25.1. The molecule has 1 heterocycles. The number of fused-ring (bicyclic) bond motifs is 1. The van der Waals surface area contributed by atoms with E-state index >= 15 is 0 Å². The number of rotatable bonds is 8. The van der Waals surface area contributed by atoms with Gasteiger partial charge in [-0.15, -0.1) is 0 Å². The van der Waals surface area contributed by atoms with Gasteiger partial charge in [0.15, 0.2) is 0 Å². The molecule has 0 aliphatic carbocycles. The number of ether oxygens (including phenoxy) is 1. The molecule has 1 aliphatic heterocycles. The highest BCUT2D eigenvalue weighted by molar-refractivity contribution is 6.20. The molecule has 0 spiro atoms. The molecule has 0 bridgehead atoms. The molecule has 1 aliphatic rings. The highest BCUT2D eigenvalue weighted by Gasteiger charge is 2.33. The fraction of sp³-hybridized carbons (Fsp3) is 0.276. The zero-order valence-corrected chi connectivity index (χ0v) is 20.7. The number of anilines is 1. The number of aliphatic imine (C=N–C) groups is 1. The van der Waals surface area contributed by atoms with Crippen LogP contribution in [0.2, 0.25) is 0 Å². The van der Waals surface area contributed by atoms with Crippen molar-refractivity contribution in [1.82, 2.24) is 5.32 Å². The molecule has 186 valence electrons. The maximum Gasteiger partial charge on any atom is 0.272 e. The lowest BCUT2D eigenvalue weighted by molar-refractivity contribution is -0.132. The molecular formula is C29H31N3O4. The van der Waals surface area contributed by atoms with E-state index in [1.54, 1.807) is 38.2 Å². The maximum absolute atomic E-state index is 13.3. The zero-order valence-electron chi connectivity index (χ0n) is 20.7. The molecular weight excluding hydrogens is 454 g/mol. The average molecular weight is 486 g/mol. The third-order valence-electron chi connectivity index (χ3n) is 6.25. The molecule has 0 saturated heterocycles. The molecule has 3 aromatic carbocycles. The molecule has 2 amide bonds. The second-order valence-electron chi connectivity index (χ2n) is 8.82. The molecule has 0 radical (unpaired) electrons. The van der Waals surface area contributed by atoms with Gasteiger partial charge in [-0.1, -0.05) is 74.5 Å². The third kappa shape index (κ3) is 5.31. The molecule has 7 heteroatoms. The second-order valence-corrected chi connectivity index (χ2v) is 8.82. The van der Waals surface area contributed by atoms with Crippen LogP contribution in [0.1, 0.15) is 43.1 Å². The normalized spacial score (nSPS) is 16.9. The van der Waals surface area contributed by atoms with E-state index in [-0.39, 0.29) is 5.91 Å². The molecule has 7 nitrogen and oxygen atoms in total. The van der Waals surface area contributed by atoms with Crippen molar-refractivity contribution < 1.29 is 19.4 Å². The van der Waals surface area contributed by atoms with E-state index < -0.39 is 24.1 Å². The minimum absolute atomic E-state index is 0.360. The first-order valence-corrected chi connectivity index (χ1v) is 12.1. The lowest BCUT2D eigenvalue weighted by Crippen LogP contribution is -2.48. The lowest BCUT2D eigenvalue weighted by Gasteiger charge is -2.23. The first-order chi connectivity index (χ1) is 17.4. The summed E-state index contributed by atoms with van der Waals surface area (Å²) in [5.74, 6) is -0.936. The summed E-state index contributed by atoms with van der Waals surface area (Å²) in [6, 6.07) is 24.1. The summed E-state index contributed by atoms with van der Waals surface area (Å²) in [6.45, 7) is 4.27. The van der Waals surface area contributed by atoms with Crippen LogP contribution in [0.5, 0.6) is 5.75 Å². The predicted molar refractivity (Wildman–Crippen MR) is 140 cm³/mol. The van der Waals surface area contributed by atoms with Crippen LogP contribution in [0.25, 0.3) is 0 Å². The smallest absolute Gasteiger partial charge is 0.272 e. The Hall–Kier alpha value is -3.97. The van der Waals surface area contributed by atoms with E-state index in [0.29, 0.717) is 29.3 Å². The van der Waals surface area contributed by atoms with Gasteiger partial charge < -0.3 is 20.1 Å². The van der Waals surface area contributed by atoms with Crippen LogP contribution < -0.4 is 15.0 Å². The van der Waals surface area contributed by atoms with E-state index in [2.05, 4.69) is 5.32 Å². The van der Waals surface area contributed by atoms with Gasteiger partial charge in [0.25, 0.3) is 5.91 Å². The summed E-state index contributed by atoms with van der Waals surface area (Å²) in [7, 11) is 1.67. The number of hydrogen-bond acceptors (Lipinski definition) is 5. The van der Waals surface area contributed by atoms with Gasteiger partial charge in [-0.05, 0) is 30.2 Å². The molecule has 3 atom stereocenters. The summed E-state index contributed by atoms with van der Waals surface area (Å²) in [6.07, 6.45) is -1.29. The van der Waals surface area contributed by atoms with Crippen LogP contribution in [0.3, 0.4) is 0 Å². The minimum Gasteiger partial charge on any atom is -0.494 e. The van der Waals surface area contributed by atoms with Gasteiger partial charge in [0, 0.05) is 18.2 Å². The Morgan fingerprint density at radius 2 is 1.72 bits per heavy atom. The van der Waals surface area contributed by atoms with Crippen LogP contribution in [0.15, 0.2) is 83.9 Å². The summed E-state index contributed by atoms with van der Waals surface area (Å²) >= 11 is 0. The maximum atomic E-state index is 13.3. The summed E-state index contributed by atoms with van der Waals surface area (Å²) in [5, 5.41) is 13.6. The van der Waals surface area contributed by atoms with Gasteiger partial charge in [0.05, 0.1) is 30.0 Å². The standard InChI is InChI=1S/C29H31N3O4/c1-4-18-36-22-16-14-21(15-17-22)26(33)19(2)28(34)31-27-29(35)32(3)24-13-9-8-12-23(24)25(30-27)20-10-6-5-7-11-20/h5-17,19,26-27,33H,4,18H2,1-3H3,(H,31,34). The molecule has 0 aromatic heterocycles. The van der Waals surface area contributed by atoms with Crippen molar-refractivity contribution in [1.29, 1.82) is 0 Å². The average Bonchev–Trinajstić information content (AvgIpc) is 3.02. The van der Waals surface area contributed by atoms with Gasteiger partial charge in [0.2, 0.25) is 12.1 Å².